The highest BCUT2D eigenvalue weighted by molar-refractivity contribution is 6.18. The molecule has 0 aliphatic carbocycles. The van der Waals surface area contributed by atoms with Crippen LogP contribution in [0.2, 0.25) is 0 Å². The monoisotopic (exact) mass is 290 g/mol. The molecule has 0 aliphatic heterocycles. The van der Waals surface area contributed by atoms with Crippen LogP contribution in [0.4, 0.5) is 5.69 Å². The fourth-order valence-corrected chi connectivity index (χ4v) is 2.13. The van der Waals surface area contributed by atoms with Crippen molar-refractivity contribution >= 4 is 17.3 Å². The van der Waals surface area contributed by atoms with Crippen molar-refractivity contribution in [3.8, 4) is 0 Å². The van der Waals surface area contributed by atoms with Gasteiger partial charge in [-0.15, -0.1) is 11.6 Å². The normalized spacial score (nSPS) is 12.1. The molecule has 1 aromatic carbocycles. The van der Waals surface area contributed by atoms with E-state index in [2.05, 4.69) is 16.4 Å². The molecule has 1 heterocycles. The average molecular weight is 291 g/mol. The third-order valence-electron chi connectivity index (χ3n) is 3.16. The van der Waals surface area contributed by atoms with E-state index in [1.165, 1.54) is 11.1 Å². The highest BCUT2D eigenvalue weighted by Crippen LogP contribution is 2.17. The summed E-state index contributed by atoms with van der Waals surface area (Å²) in [7, 11) is 0. The first-order valence-corrected chi connectivity index (χ1v) is 7.27. The van der Waals surface area contributed by atoms with Crippen molar-refractivity contribution in [1.29, 1.82) is 0 Å². The average Bonchev–Trinajstić information content (AvgIpc) is 2.52. The van der Waals surface area contributed by atoms with Gasteiger partial charge in [-0.1, -0.05) is 18.2 Å². The summed E-state index contributed by atoms with van der Waals surface area (Å²) in [5.41, 5.74) is 3.58. The number of anilines is 1. The quantitative estimate of drug-likeness (QED) is 0.771. The lowest BCUT2D eigenvalue weighted by Gasteiger charge is -2.14. The van der Waals surface area contributed by atoms with Crippen LogP contribution in [0, 0.1) is 0 Å². The number of rotatable bonds is 7. The molecule has 2 rings (SSSR count). The highest BCUT2D eigenvalue weighted by Gasteiger charge is 2.05. The molecule has 2 aromatic rings. The Morgan fingerprint density at radius 2 is 1.85 bits per heavy atom. The number of aromatic nitrogens is 1. The van der Waals surface area contributed by atoms with E-state index < -0.39 is 6.10 Å². The summed E-state index contributed by atoms with van der Waals surface area (Å²) in [5, 5.41) is 12.8. The Bertz CT molecular complexity index is 519. The fourth-order valence-electron chi connectivity index (χ4n) is 2.02. The summed E-state index contributed by atoms with van der Waals surface area (Å²) in [6.45, 7) is 0.468. The van der Waals surface area contributed by atoms with Crippen molar-refractivity contribution in [2.24, 2.45) is 0 Å². The topological polar surface area (TPSA) is 45.1 Å². The second-order valence-corrected chi connectivity index (χ2v) is 5.01. The Balaban J connectivity index is 1.97. The molecule has 20 heavy (non-hydrogen) atoms. The number of para-hydroxylation sites is 1. The molecular weight excluding hydrogens is 272 g/mol. The van der Waals surface area contributed by atoms with Gasteiger partial charge in [0.1, 0.15) is 0 Å². The number of hydrogen-bond acceptors (Lipinski definition) is 3. The van der Waals surface area contributed by atoms with E-state index in [4.69, 9.17) is 11.6 Å². The lowest BCUT2D eigenvalue weighted by atomic mass is 10.0. The van der Waals surface area contributed by atoms with Crippen LogP contribution in [-0.4, -0.2) is 28.6 Å². The highest BCUT2D eigenvalue weighted by atomic mass is 35.5. The van der Waals surface area contributed by atoms with Crippen molar-refractivity contribution in [2.45, 2.75) is 18.9 Å². The van der Waals surface area contributed by atoms with E-state index in [9.17, 15) is 5.11 Å². The van der Waals surface area contributed by atoms with Crippen molar-refractivity contribution in [2.75, 3.05) is 17.7 Å². The zero-order chi connectivity index (χ0) is 14.2. The maximum Gasteiger partial charge on any atom is 0.0847 e. The molecule has 0 radical (unpaired) electrons. The summed E-state index contributed by atoms with van der Waals surface area (Å²) < 4.78 is 0. The molecule has 0 spiro atoms. The Labute approximate surface area is 124 Å². The number of aryl methyl sites for hydroxylation is 2. The lowest BCUT2D eigenvalue weighted by Crippen LogP contribution is -2.21. The standard InChI is InChI=1S/C16H19ClN2O/c17-11-15(20)12-19-16-4-2-1-3-14(16)6-5-13-7-9-18-10-8-13/h1-4,7-10,15,19-20H,5-6,11-12H2. The van der Waals surface area contributed by atoms with Gasteiger partial charge in [0.25, 0.3) is 0 Å². The number of hydrogen-bond donors (Lipinski definition) is 2. The second kappa shape index (κ2) is 7.88. The smallest absolute Gasteiger partial charge is 0.0847 e. The maximum atomic E-state index is 9.52. The molecule has 0 saturated carbocycles. The molecule has 1 atom stereocenters. The van der Waals surface area contributed by atoms with E-state index in [-0.39, 0.29) is 5.88 Å². The molecule has 0 saturated heterocycles. The summed E-state index contributed by atoms with van der Waals surface area (Å²) >= 11 is 5.60. The van der Waals surface area contributed by atoms with Crippen LogP contribution in [0.1, 0.15) is 11.1 Å². The van der Waals surface area contributed by atoms with Crippen LogP contribution < -0.4 is 5.32 Å². The Morgan fingerprint density at radius 3 is 2.60 bits per heavy atom. The summed E-state index contributed by atoms with van der Waals surface area (Å²) in [6.07, 6.45) is 5.03. The number of halogens is 1. The molecule has 4 heteroatoms. The summed E-state index contributed by atoms with van der Waals surface area (Å²) in [5.74, 6) is 0.242. The molecule has 106 valence electrons. The Morgan fingerprint density at radius 1 is 1.10 bits per heavy atom. The largest absolute Gasteiger partial charge is 0.390 e. The van der Waals surface area contributed by atoms with Gasteiger partial charge >= 0.3 is 0 Å². The van der Waals surface area contributed by atoms with Crippen LogP contribution in [0.3, 0.4) is 0 Å². The number of aliphatic hydroxyl groups excluding tert-OH is 1. The third-order valence-corrected chi connectivity index (χ3v) is 3.51. The van der Waals surface area contributed by atoms with E-state index >= 15 is 0 Å². The zero-order valence-corrected chi connectivity index (χ0v) is 12.1. The number of benzene rings is 1. The third kappa shape index (κ3) is 4.51. The van der Waals surface area contributed by atoms with Gasteiger partial charge in [-0.05, 0) is 42.2 Å². The van der Waals surface area contributed by atoms with Gasteiger partial charge in [-0.2, -0.15) is 0 Å². The predicted octanol–water partition coefficient (Wildman–Crippen LogP) is 2.88. The number of aliphatic hydroxyl groups is 1. The molecule has 0 aliphatic rings. The van der Waals surface area contributed by atoms with Gasteiger partial charge in [0.05, 0.1) is 12.0 Å². The van der Waals surface area contributed by atoms with E-state index in [1.807, 2.05) is 42.7 Å². The fraction of sp³-hybridized carbons (Fsp3) is 0.312. The molecule has 3 nitrogen and oxygen atoms in total. The Hall–Kier alpha value is -1.58. The summed E-state index contributed by atoms with van der Waals surface area (Å²) in [6, 6.07) is 12.2. The van der Waals surface area contributed by atoms with Gasteiger partial charge in [0.15, 0.2) is 0 Å². The first-order chi connectivity index (χ1) is 9.79. The van der Waals surface area contributed by atoms with Crippen molar-refractivity contribution in [1.82, 2.24) is 4.98 Å². The molecule has 1 aromatic heterocycles. The van der Waals surface area contributed by atoms with E-state index in [0.717, 1.165) is 18.5 Å². The first-order valence-electron chi connectivity index (χ1n) is 6.74. The molecule has 2 N–H and O–H groups in total. The molecule has 0 fully saturated rings. The predicted molar refractivity (Wildman–Crippen MR) is 83.3 cm³/mol. The van der Waals surface area contributed by atoms with Crippen LogP contribution in [0.15, 0.2) is 48.8 Å². The number of nitrogens with one attached hydrogen (secondary N) is 1. The molecule has 0 amide bonds. The minimum absolute atomic E-state index is 0.242. The second-order valence-electron chi connectivity index (χ2n) is 4.70. The maximum absolute atomic E-state index is 9.52. The lowest BCUT2D eigenvalue weighted by molar-refractivity contribution is 0.211. The van der Waals surface area contributed by atoms with Crippen LogP contribution in [0.5, 0.6) is 0 Å². The van der Waals surface area contributed by atoms with E-state index in [0.29, 0.717) is 6.54 Å². The SMILES string of the molecule is OC(CCl)CNc1ccccc1CCc1ccncc1. The molecular formula is C16H19ClN2O. The van der Waals surface area contributed by atoms with Gasteiger partial charge in [0, 0.05) is 24.6 Å². The van der Waals surface area contributed by atoms with Crippen molar-refractivity contribution in [3.05, 3.63) is 59.9 Å². The number of nitrogens with zero attached hydrogens (tertiary/aromatic N) is 1. The first kappa shape index (κ1) is 14.8. The zero-order valence-electron chi connectivity index (χ0n) is 11.3. The van der Waals surface area contributed by atoms with Crippen LogP contribution in [0.25, 0.3) is 0 Å². The van der Waals surface area contributed by atoms with E-state index in [1.54, 1.807) is 0 Å². The molecule has 1 unspecified atom stereocenters. The number of pyridine rings is 1. The molecule has 0 bridgehead atoms. The minimum Gasteiger partial charge on any atom is -0.390 e. The van der Waals surface area contributed by atoms with Gasteiger partial charge in [0.2, 0.25) is 0 Å². The van der Waals surface area contributed by atoms with Crippen LogP contribution in [-0.2, 0) is 12.8 Å². The van der Waals surface area contributed by atoms with Gasteiger partial charge in [-0.25, -0.2) is 0 Å². The van der Waals surface area contributed by atoms with Gasteiger partial charge in [-0.3, -0.25) is 4.98 Å². The van der Waals surface area contributed by atoms with Crippen LogP contribution >= 0.6 is 11.6 Å². The van der Waals surface area contributed by atoms with Gasteiger partial charge < -0.3 is 10.4 Å². The Kier molecular flexibility index (Phi) is 5.84. The van der Waals surface area contributed by atoms with Crippen molar-refractivity contribution < 1.29 is 5.11 Å². The van der Waals surface area contributed by atoms with Crippen molar-refractivity contribution in [3.63, 3.8) is 0 Å². The summed E-state index contributed by atoms with van der Waals surface area (Å²) in [4.78, 5) is 4.02. The number of alkyl halides is 1. The minimum atomic E-state index is -0.523.